The van der Waals surface area contributed by atoms with Crippen molar-refractivity contribution < 1.29 is 4.79 Å². The number of nitrogens with zero attached hydrogens (tertiary/aromatic N) is 4. The highest BCUT2D eigenvalue weighted by Crippen LogP contribution is 2.36. The van der Waals surface area contributed by atoms with Crippen molar-refractivity contribution in [1.82, 2.24) is 30.1 Å². The number of carbonyl (C=O) groups excluding carboxylic acids is 1. The monoisotopic (exact) mass is 479 g/mol. The molecule has 0 saturated heterocycles. The summed E-state index contributed by atoms with van der Waals surface area (Å²) in [5.74, 6) is -0.0563. The Morgan fingerprint density at radius 1 is 1.03 bits per heavy atom. The Bertz CT molecular complexity index is 1710. The molecule has 6 heterocycles. The van der Waals surface area contributed by atoms with Crippen molar-refractivity contribution in [2.45, 2.75) is 20.3 Å². The summed E-state index contributed by atoms with van der Waals surface area (Å²) in [6.07, 6.45) is 7.39. The number of fused-ring (bicyclic) bond motifs is 2. The normalized spacial score (nSPS) is 11.4. The van der Waals surface area contributed by atoms with Gasteiger partial charge >= 0.3 is 0 Å². The van der Waals surface area contributed by atoms with Gasteiger partial charge in [0.25, 0.3) is 0 Å². The minimum Gasteiger partial charge on any atom is -0.338 e. The lowest BCUT2D eigenvalue weighted by Crippen LogP contribution is -2.09. The first-order valence-corrected chi connectivity index (χ1v) is 12.0. The molecule has 0 saturated carbocycles. The van der Waals surface area contributed by atoms with Gasteiger partial charge in [-0.15, -0.1) is 11.3 Å². The number of amides is 1. The van der Waals surface area contributed by atoms with Gasteiger partial charge in [-0.2, -0.15) is 5.10 Å². The van der Waals surface area contributed by atoms with Gasteiger partial charge in [-0.1, -0.05) is 6.92 Å². The number of aryl methyl sites for hydroxylation is 1. The Balaban J connectivity index is 1.43. The van der Waals surface area contributed by atoms with Crippen LogP contribution in [0.2, 0.25) is 0 Å². The van der Waals surface area contributed by atoms with Crippen molar-refractivity contribution in [3.63, 3.8) is 0 Å². The molecule has 8 nitrogen and oxygen atoms in total. The molecule has 0 aliphatic rings. The van der Waals surface area contributed by atoms with E-state index >= 15 is 0 Å². The van der Waals surface area contributed by atoms with Gasteiger partial charge in [0.1, 0.15) is 5.65 Å². The number of aromatic nitrogens is 6. The fraction of sp³-hybridized carbons (Fsp3) is 0.115. The van der Waals surface area contributed by atoms with E-state index in [0.717, 1.165) is 44.5 Å². The number of H-pyrrole nitrogens is 2. The summed E-state index contributed by atoms with van der Waals surface area (Å²) in [7, 11) is 0. The number of rotatable bonds is 5. The Hall–Kier alpha value is -4.37. The van der Waals surface area contributed by atoms with Crippen LogP contribution in [0.5, 0.6) is 0 Å². The third-order valence-corrected chi connectivity index (χ3v) is 6.93. The van der Waals surface area contributed by atoms with Gasteiger partial charge in [0.15, 0.2) is 5.65 Å². The third kappa shape index (κ3) is 3.85. The summed E-state index contributed by atoms with van der Waals surface area (Å²) in [5.41, 5.74) is 6.70. The Labute approximate surface area is 204 Å². The van der Waals surface area contributed by atoms with Gasteiger partial charge < -0.3 is 10.3 Å². The largest absolute Gasteiger partial charge is 0.338 e. The highest BCUT2D eigenvalue weighted by atomic mass is 32.1. The van der Waals surface area contributed by atoms with Crippen molar-refractivity contribution in [1.29, 1.82) is 0 Å². The fourth-order valence-electron chi connectivity index (χ4n) is 4.13. The summed E-state index contributed by atoms with van der Waals surface area (Å²) in [5, 5.41) is 12.3. The molecule has 35 heavy (non-hydrogen) atoms. The minimum absolute atomic E-state index is 0.0563. The maximum atomic E-state index is 11.8. The van der Waals surface area contributed by atoms with Crippen LogP contribution in [0.15, 0.2) is 61.2 Å². The Morgan fingerprint density at radius 3 is 2.74 bits per heavy atom. The van der Waals surface area contributed by atoms with Gasteiger partial charge in [-0.25, -0.2) is 9.97 Å². The topological polar surface area (TPSA) is 112 Å². The smallest absolute Gasteiger partial charge is 0.224 e. The molecule has 0 spiro atoms. The summed E-state index contributed by atoms with van der Waals surface area (Å²) in [6.45, 7) is 3.92. The van der Waals surface area contributed by atoms with Crippen LogP contribution in [0.3, 0.4) is 0 Å². The van der Waals surface area contributed by atoms with Crippen LogP contribution < -0.4 is 5.32 Å². The van der Waals surface area contributed by atoms with Gasteiger partial charge in [0.2, 0.25) is 5.91 Å². The van der Waals surface area contributed by atoms with E-state index in [-0.39, 0.29) is 5.91 Å². The molecule has 0 aliphatic heterocycles. The van der Waals surface area contributed by atoms with E-state index in [0.29, 0.717) is 17.8 Å². The molecule has 0 fully saturated rings. The van der Waals surface area contributed by atoms with Gasteiger partial charge in [0.05, 0.1) is 23.3 Å². The van der Waals surface area contributed by atoms with Crippen molar-refractivity contribution >= 4 is 45.0 Å². The molecule has 9 heteroatoms. The number of nitrogens with one attached hydrogen (secondary N) is 3. The molecule has 0 unspecified atom stereocenters. The Kier molecular flexibility index (Phi) is 5.11. The SMILES string of the molecule is CCC(=O)Nc1cncc(-c2cnc3n[nH]c(-c4cc5c(-c6ccc(C)s6)ccnc5[nH]4)c3c2)c1. The van der Waals surface area contributed by atoms with Crippen LogP contribution in [0, 0.1) is 6.92 Å². The number of anilines is 1. The molecule has 6 aromatic heterocycles. The van der Waals surface area contributed by atoms with Crippen LogP contribution >= 0.6 is 11.3 Å². The number of hydrogen-bond donors (Lipinski definition) is 3. The second-order valence-electron chi connectivity index (χ2n) is 8.27. The zero-order valence-corrected chi connectivity index (χ0v) is 19.9. The summed E-state index contributed by atoms with van der Waals surface area (Å²) < 4.78 is 0. The van der Waals surface area contributed by atoms with Crippen LogP contribution in [0.4, 0.5) is 5.69 Å². The standard InChI is InChI=1S/C26H21N7OS/c1-3-23(34)30-17-8-15(11-27-13-17)16-9-20-24(32-33-26(20)29-12-16)21-10-19-18(6-7-28-25(19)31-21)22-5-4-14(2)35-22/h4-13H,3H2,1-2H3,(H,28,31)(H,30,34)(H,29,32,33). The second-order valence-corrected chi connectivity index (χ2v) is 9.56. The average molecular weight is 480 g/mol. The Morgan fingerprint density at radius 2 is 1.91 bits per heavy atom. The predicted octanol–water partition coefficient (Wildman–Crippen LogP) is 5.95. The van der Waals surface area contributed by atoms with Crippen LogP contribution in [0.1, 0.15) is 18.2 Å². The molecule has 172 valence electrons. The van der Waals surface area contributed by atoms with E-state index in [4.69, 9.17) is 0 Å². The van der Waals surface area contributed by atoms with Gasteiger partial charge in [-0.3, -0.25) is 14.9 Å². The molecule has 3 N–H and O–H groups in total. The van der Waals surface area contributed by atoms with Crippen LogP contribution in [-0.2, 0) is 4.79 Å². The van der Waals surface area contributed by atoms with Crippen molar-refractivity contribution in [3.8, 4) is 33.0 Å². The van der Waals surface area contributed by atoms with Crippen LogP contribution in [-0.4, -0.2) is 36.0 Å². The third-order valence-electron chi connectivity index (χ3n) is 5.89. The second kappa shape index (κ2) is 8.44. The maximum Gasteiger partial charge on any atom is 0.224 e. The van der Waals surface area contributed by atoms with E-state index in [9.17, 15) is 4.79 Å². The van der Waals surface area contributed by atoms with E-state index < -0.39 is 0 Å². The lowest BCUT2D eigenvalue weighted by atomic mass is 10.1. The molecule has 6 aromatic rings. The van der Waals surface area contributed by atoms with E-state index in [1.807, 2.05) is 31.3 Å². The molecule has 0 bridgehead atoms. The van der Waals surface area contributed by atoms with Crippen molar-refractivity contribution in [2.75, 3.05) is 5.32 Å². The first-order chi connectivity index (χ1) is 17.1. The average Bonchev–Trinajstić information content (AvgIpc) is 3.61. The lowest BCUT2D eigenvalue weighted by molar-refractivity contribution is -0.115. The molecular weight excluding hydrogens is 458 g/mol. The lowest BCUT2D eigenvalue weighted by Gasteiger charge is -2.06. The molecule has 0 aliphatic carbocycles. The molecule has 0 aromatic carbocycles. The van der Waals surface area contributed by atoms with Crippen molar-refractivity contribution in [2.24, 2.45) is 0 Å². The molecule has 0 radical (unpaired) electrons. The summed E-state index contributed by atoms with van der Waals surface area (Å²) in [6, 6.07) is 12.4. The highest BCUT2D eigenvalue weighted by Gasteiger charge is 2.16. The predicted molar refractivity (Wildman–Crippen MR) is 139 cm³/mol. The summed E-state index contributed by atoms with van der Waals surface area (Å²) >= 11 is 1.77. The quantitative estimate of drug-likeness (QED) is 0.283. The molecule has 6 rings (SSSR count). The fourth-order valence-corrected chi connectivity index (χ4v) is 5.04. The first-order valence-electron chi connectivity index (χ1n) is 11.2. The number of hydrogen-bond acceptors (Lipinski definition) is 6. The van der Waals surface area contributed by atoms with Crippen molar-refractivity contribution in [3.05, 3.63) is 66.1 Å². The van der Waals surface area contributed by atoms with E-state index in [1.165, 1.54) is 9.75 Å². The molecule has 1 amide bonds. The highest BCUT2D eigenvalue weighted by molar-refractivity contribution is 7.15. The van der Waals surface area contributed by atoms with Crippen LogP contribution in [0.25, 0.3) is 55.0 Å². The molecular formula is C26H21N7OS. The number of carbonyl (C=O) groups is 1. The number of pyridine rings is 3. The molecule has 0 atom stereocenters. The summed E-state index contributed by atoms with van der Waals surface area (Å²) in [4.78, 5) is 31.1. The van der Waals surface area contributed by atoms with Gasteiger partial charge in [-0.05, 0) is 43.3 Å². The maximum absolute atomic E-state index is 11.8. The minimum atomic E-state index is -0.0563. The number of thiophene rings is 1. The van der Waals surface area contributed by atoms with Gasteiger partial charge in [0, 0.05) is 62.2 Å². The zero-order chi connectivity index (χ0) is 23.9. The van der Waals surface area contributed by atoms with E-state index in [1.54, 1.807) is 29.9 Å². The van der Waals surface area contributed by atoms with E-state index in [2.05, 4.69) is 60.6 Å². The first kappa shape index (κ1) is 21.2. The number of aromatic amines is 2. The zero-order valence-electron chi connectivity index (χ0n) is 19.1.